The zero-order chi connectivity index (χ0) is 12.3. The molecular weight excluding hydrogens is 246 g/mol. The Labute approximate surface area is 100 Å². The third-order valence-electron chi connectivity index (χ3n) is 2.33. The summed E-state index contributed by atoms with van der Waals surface area (Å²) in [6.07, 6.45) is 0. The van der Waals surface area contributed by atoms with Crippen LogP contribution in [0.5, 0.6) is 0 Å². The molecule has 0 bridgehead atoms. The van der Waals surface area contributed by atoms with Crippen LogP contribution in [0.3, 0.4) is 0 Å². The molecule has 1 heterocycles. The fourth-order valence-corrected chi connectivity index (χ4v) is 3.00. The van der Waals surface area contributed by atoms with Gasteiger partial charge in [-0.3, -0.25) is 0 Å². The van der Waals surface area contributed by atoms with E-state index in [0.717, 1.165) is 10.7 Å². The van der Waals surface area contributed by atoms with Gasteiger partial charge >= 0.3 is 0 Å². The molecular formula is C9H17N3O2S2. The average Bonchev–Trinajstić information content (AvgIpc) is 2.62. The number of thiazole rings is 1. The SMILES string of the molecule is Cc1nc(CN(C)S(=O)(=O)C(C)CN)cs1. The molecule has 0 saturated heterocycles. The molecule has 0 aromatic carbocycles. The van der Waals surface area contributed by atoms with Crippen LogP contribution in [0.2, 0.25) is 0 Å². The molecule has 0 radical (unpaired) electrons. The highest BCUT2D eigenvalue weighted by Gasteiger charge is 2.25. The molecule has 1 unspecified atom stereocenters. The summed E-state index contributed by atoms with van der Waals surface area (Å²) in [6, 6.07) is 0. The van der Waals surface area contributed by atoms with Gasteiger partial charge in [0.15, 0.2) is 0 Å². The van der Waals surface area contributed by atoms with Gasteiger partial charge in [-0.2, -0.15) is 4.31 Å². The van der Waals surface area contributed by atoms with Gasteiger partial charge in [-0.1, -0.05) is 0 Å². The Morgan fingerprint density at radius 1 is 1.62 bits per heavy atom. The molecule has 0 fully saturated rings. The highest BCUT2D eigenvalue weighted by atomic mass is 32.2. The van der Waals surface area contributed by atoms with E-state index in [1.54, 1.807) is 14.0 Å². The predicted molar refractivity (Wildman–Crippen MR) is 65.8 cm³/mol. The predicted octanol–water partition coefficient (Wildman–Crippen LogP) is 0.560. The number of aromatic nitrogens is 1. The van der Waals surface area contributed by atoms with Crippen LogP contribution in [0.1, 0.15) is 17.6 Å². The number of sulfonamides is 1. The Kier molecular flexibility index (Phi) is 4.43. The average molecular weight is 263 g/mol. The summed E-state index contributed by atoms with van der Waals surface area (Å²) in [5, 5.41) is 2.25. The van der Waals surface area contributed by atoms with E-state index in [1.807, 2.05) is 12.3 Å². The van der Waals surface area contributed by atoms with Crippen LogP contribution < -0.4 is 5.73 Å². The van der Waals surface area contributed by atoms with E-state index < -0.39 is 15.3 Å². The van der Waals surface area contributed by atoms with Crippen LogP contribution in [0, 0.1) is 6.92 Å². The molecule has 0 spiro atoms. The largest absolute Gasteiger partial charge is 0.329 e. The maximum absolute atomic E-state index is 11.9. The molecule has 7 heteroatoms. The molecule has 0 amide bonds. The van der Waals surface area contributed by atoms with Crippen LogP contribution in [0.4, 0.5) is 0 Å². The Morgan fingerprint density at radius 3 is 2.69 bits per heavy atom. The molecule has 0 aliphatic heterocycles. The Hall–Kier alpha value is -0.500. The van der Waals surface area contributed by atoms with Crippen molar-refractivity contribution in [1.29, 1.82) is 0 Å². The summed E-state index contributed by atoms with van der Waals surface area (Å²) in [4.78, 5) is 4.23. The number of nitrogens with two attached hydrogens (primary N) is 1. The number of aryl methyl sites for hydroxylation is 1. The molecule has 5 nitrogen and oxygen atoms in total. The van der Waals surface area contributed by atoms with Crippen molar-refractivity contribution in [3.8, 4) is 0 Å². The lowest BCUT2D eigenvalue weighted by molar-refractivity contribution is 0.454. The van der Waals surface area contributed by atoms with E-state index in [0.29, 0.717) is 6.54 Å². The van der Waals surface area contributed by atoms with Crippen LogP contribution in [0.25, 0.3) is 0 Å². The monoisotopic (exact) mass is 263 g/mol. The maximum atomic E-state index is 11.9. The lowest BCUT2D eigenvalue weighted by atomic mass is 10.5. The molecule has 16 heavy (non-hydrogen) atoms. The molecule has 1 rings (SSSR count). The van der Waals surface area contributed by atoms with Gasteiger partial charge in [-0.15, -0.1) is 11.3 Å². The molecule has 1 aromatic rings. The van der Waals surface area contributed by atoms with E-state index in [-0.39, 0.29) is 6.54 Å². The van der Waals surface area contributed by atoms with Gasteiger partial charge in [0.25, 0.3) is 0 Å². The van der Waals surface area contributed by atoms with Gasteiger partial charge in [-0.05, 0) is 13.8 Å². The molecule has 0 aliphatic rings. The van der Waals surface area contributed by atoms with Gasteiger partial charge in [0, 0.05) is 19.0 Å². The molecule has 0 aliphatic carbocycles. The first-order valence-electron chi connectivity index (χ1n) is 4.94. The number of hydrogen-bond donors (Lipinski definition) is 1. The van der Waals surface area contributed by atoms with Crippen molar-refractivity contribution in [2.45, 2.75) is 25.6 Å². The summed E-state index contributed by atoms with van der Waals surface area (Å²) in [6.45, 7) is 3.93. The third kappa shape index (κ3) is 3.00. The number of hydrogen-bond acceptors (Lipinski definition) is 5. The van der Waals surface area contributed by atoms with Crippen molar-refractivity contribution in [1.82, 2.24) is 9.29 Å². The van der Waals surface area contributed by atoms with Gasteiger partial charge in [0.2, 0.25) is 10.0 Å². The first kappa shape index (κ1) is 13.6. The summed E-state index contributed by atoms with van der Waals surface area (Å²) in [5.41, 5.74) is 6.15. The minimum atomic E-state index is -3.31. The van der Waals surface area contributed by atoms with E-state index in [4.69, 9.17) is 5.73 Å². The van der Waals surface area contributed by atoms with E-state index in [9.17, 15) is 8.42 Å². The van der Waals surface area contributed by atoms with Gasteiger partial charge in [0.05, 0.1) is 22.5 Å². The van der Waals surface area contributed by atoms with Crippen molar-refractivity contribution >= 4 is 21.4 Å². The van der Waals surface area contributed by atoms with Gasteiger partial charge in [0.1, 0.15) is 0 Å². The zero-order valence-electron chi connectivity index (χ0n) is 9.67. The van der Waals surface area contributed by atoms with Gasteiger partial charge in [-0.25, -0.2) is 13.4 Å². The maximum Gasteiger partial charge on any atom is 0.218 e. The fraction of sp³-hybridized carbons (Fsp3) is 0.667. The topological polar surface area (TPSA) is 76.3 Å². The second-order valence-electron chi connectivity index (χ2n) is 3.71. The smallest absolute Gasteiger partial charge is 0.218 e. The van der Waals surface area contributed by atoms with Crippen molar-refractivity contribution in [3.05, 3.63) is 16.1 Å². The lowest BCUT2D eigenvalue weighted by Gasteiger charge is -2.20. The fourth-order valence-electron chi connectivity index (χ4n) is 1.23. The van der Waals surface area contributed by atoms with E-state index in [2.05, 4.69) is 4.98 Å². The summed E-state index contributed by atoms with van der Waals surface area (Å²) < 4.78 is 25.1. The second kappa shape index (κ2) is 5.22. The molecule has 2 N–H and O–H groups in total. The minimum absolute atomic E-state index is 0.128. The number of nitrogens with zero attached hydrogens (tertiary/aromatic N) is 2. The second-order valence-corrected chi connectivity index (χ2v) is 7.23. The Morgan fingerprint density at radius 2 is 2.25 bits per heavy atom. The Bertz CT molecular complexity index is 441. The summed E-state index contributed by atoms with van der Waals surface area (Å²) in [5.74, 6) is 0. The summed E-state index contributed by atoms with van der Waals surface area (Å²) >= 11 is 1.51. The first-order valence-corrected chi connectivity index (χ1v) is 7.32. The van der Waals surface area contributed by atoms with Crippen LogP contribution in [0.15, 0.2) is 5.38 Å². The highest BCUT2D eigenvalue weighted by molar-refractivity contribution is 7.89. The molecule has 1 atom stereocenters. The quantitative estimate of drug-likeness (QED) is 0.842. The van der Waals surface area contributed by atoms with Gasteiger partial charge < -0.3 is 5.73 Å². The van der Waals surface area contributed by atoms with E-state index >= 15 is 0 Å². The van der Waals surface area contributed by atoms with Crippen LogP contribution in [-0.2, 0) is 16.6 Å². The molecule has 1 aromatic heterocycles. The normalized spacial score (nSPS) is 14.3. The standard InChI is InChI=1S/C9H17N3O2S2/c1-7(4-10)16(13,14)12(3)5-9-6-15-8(2)11-9/h6-7H,4-5,10H2,1-3H3. The highest BCUT2D eigenvalue weighted by Crippen LogP contribution is 2.13. The lowest BCUT2D eigenvalue weighted by Crippen LogP contribution is -2.38. The summed E-state index contributed by atoms with van der Waals surface area (Å²) in [7, 11) is -1.75. The number of rotatable bonds is 5. The minimum Gasteiger partial charge on any atom is -0.329 e. The van der Waals surface area contributed by atoms with E-state index in [1.165, 1.54) is 15.6 Å². The van der Waals surface area contributed by atoms with Crippen molar-refractivity contribution < 1.29 is 8.42 Å². The zero-order valence-corrected chi connectivity index (χ0v) is 11.3. The van der Waals surface area contributed by atoms with Crippen LogP contribution in [-0.4, -0.2) is 36.5 Å². The first-order chi connectivity index (χ1) is 7.37. The molecule has 92 valence electrons. The Balaban J connectivity index is 2.76. The third-order valence-corrected chi connectivity index (χ3v) is 5.36. The van der Waals surface area contributed by atoms with Crippen molar-refractivity contribution in [2.75, 3.05) is 13.6 Å². The van der Waals surface area contributed by atoms with Crippen LogP contribution >= 0.6 is 11.3 Å². The molecule has 0 saturated carbocycles. The van der Waals surface area contributed by atoms with Crippen molar-refractivity contribution in [2.24, 2.45) is 5.73 Å². The van der Waals surface area contributed by atoms with Crippen molar-refractivity contribution in [3.63, 3.8) is 0 Å².